The SMILES string of the molecule is CNc1ncnc2c1ncn2[C@H]1C[C@H](OP(=O)(S)OC[C@@H]2CC[C@H](n3cc(F)c4c(=O)[nH]cnc43)O2)[C@@H](COP(=O)(O)S)O1. The van der Waals surface area contributed by atoms with E-state index >= 15 is 0 Å². The summed E-state index contributed by atoms with van der Waals surface area (Å²) in [5, 5.41) is 2.76. The number of fused-ring (bicyclic) bond motifs is 2. The van der Waals surface area contributed by atoms with Crippen LogP contribution in [-0.4, -0.2) is 77.5 Å². The van der Waals surface area contributed by atoms with Crippen LogP contribution in [0.15, 0.2) is 30.0 Å². The van der Waals surface area contributed by atoms with Gasteiger partial charge >= 0.3 is 13.6 Å². The third-order valence-electron chi connectivity index (χ3n) is 7.15. The highest BCUT2D eigenvalue weighted by Gasteiger charge is 2.43. The number of ether oxygens (including phenoxy) is 2. The minimum absolute atomic E-state index is 0.106. The Hall–Kier alpha value is -2.38. The third-order valence-corrected chi connectivity index (χ3v) is 9.62. The molecule has 2 aliphatic heterocycles. The summed E-state index contributed by atoms with van der Waals surface area (Å²) in [4.78, 5) is 40.7. The van der Waals surface area contributed by atoms with Crippen molar-refractivity contribution in [3.05, 3.63) is 41.3 Å². The molecule has 2 aliphatic rings. The Morgan fingerprint density at radius 2 is 1.93 bits per heavy atom. The number of rotatable bonds is 11. The molecule has 2 fully saturated rings. The number of nitrogens with zero attached hydrogens (tertiary/aromatic N) is 6. The molecule has 44 heavy (non-hydrogen) atoms. The summed E-state index contributed by atoms with van der Waals surface area (Å²) in [6.45, 7) is -8.82. The molecular formula is C22H27FN8O9P2S2. The van der Waals surface area contributed by atoms with E-state index in [0.717, 1.165) is 6.20 Å². The van der Waals surface area contributed by atoms with Crippen molar-refractivity contribution in [2.75, 3.05) is 25.6 Å². The normalized spacial score (nSPS) is 26.7. The Balaban J connectivity index is 1.12. The second-order valence-electron chi connectivity index (χ2n) is 9.96. The molecule has 2 saturated heterocycles. The van der Waals surface area contributed by atoms with Gasteiger partial charge in [0.15, 0.2) is 22.9 Å². The van der Waals surface area contributed by atoms with E-state index in [-0.39, 0.29) is 24.1 Å². The molecule has 0 saturated carbocycles. The molecule has 6 rings (SSSR count). The van der Waals surface area contributed by atoms with Gasteiger partial charge in [0.05, 0.1) is 32.0 Å². The maximum atomic E-state index is 14.4. The van der Waals surface area contributed by atoms with Gasteiger partial charge in [-0.2, -0.15) is 0 Å². The van der Waals surface area contributed by atoms with Gasteiger partial charge in [0.25, 0.3) is 5.56 Å². The Labute approximate surface area is 258 Å². The van der Waals surface area contributed by atoms with Crippen molar-refractivity contribution >= 4 is 66.1 Å². The average molecular weight is 693 g/mol. The van der Waals surface area contributed by atoms with E-state index in [0.29, 0.717) is 29.8 Å². The number of hydrogen-bond donors (Lipinski definition) is 5. The highest BCUT2D eigenvalue weighted by Crippen LogP contribution is 2.57. The van der Waals surface area contributed by atoms with Crippen LogP contribution in [0.5, 0.6) is 0 Å². The molecule has 17 nitrogen and oxygen atoms in total. The van der Waals surface area contributed by atoms with Crippen molar-refractivity contribution in [1.29, 1.82) is 0 Å². The van der Waals surface area contributed by atoms with Gasteiger partial charge in [-0.25, -0.2) is 33.5 Å². The maximum Gasteiger partial charge on any atom is 0.386 e. The summed E-state index contributed by atoms with van der Waals surface area (Å²) in [6, 6.07) is 0. The van der Waals surface area contributed by atoms with Crippen molar-refractivity contribution in [1.82, 2.24) is 34.1 Å². The molecule has 2 unspecified atom stereocenters. The van der Waals surface area contributed by atoms with Crippen LogP contribution in [-0.2, 0) is 32.2 Å². The van der Waals surface area contributed by atoms with Gasteiger partial charge in [-0.3, -0.25) is 22.9 Å². The zero-order valence-electron chi connectivity index (χ0n) is 22.8. The predicted molar refractivity (Wildman–Crippen MR) is 159 cm³/mol. The zero-order chi connectivity index (χ0) is 31.2. The molecule has 0 spiro atoms. The molecule has 6 heterocycles. The minimum atomic E-state index is -4.17. The molecule has 4 aromatic rings. The summed E-state index contributed by atoms with van der Waals surface area (Å²) in [6.07, 6.45) is 2.35. The van der Waals surface area contributed by atoms with Crippen LogP contribution in [0.4, 0.5) is 10.2 Å². The number of aromatic nitrogens is 7. The molecule has 22 heteroatoms. The quantitative estimate of drug-likeness (QED) is 0.113. The first-order valence-electron chi connectivity index (χ1n) is 13.2. The van der Waals surface area contributed by atoms with E-state index < -0.39 is 62.3 Å². The van der Waals surface area contributed by atoms with Crippen LogP contribution in [0.3, 0.4) is 0 Å². The Morgan fingerprint density at radius 1 is 1.11 bits per heavy atom. The van der Waals surface area contributed by atoms with E-state index in [1.807, 2.05) is 0 Å². The lowest BCUT2D eigenvalue weighted by Crippen LogP contribution is -2.28. The van der Waals surface area contributed by atoms with Crippen molar-refractivity contribution < 1.29 is 41.5 Å². The highest BCUT2D eigenvalue weighted by molar-refractivity contribution is 8.44. The lowest BCUT2D eigenvalue weighted by molar-refractivity contribution is -0.0389. The molecule has 4 aromatic heterocycles. The van der Waals surface area contributed by atoms with Crippen LogP contribution in [0, 0.1) is 5.82 Å². The van der Waals surface area contributed by atoms with Gasteiger partial charge in [-0.05, 0) is 12.8 Å². The van der Waals surface area contributed by atoms with E-state index in [2.05, 4.69) is 54.7 Å². The molecule has 0 bridgehead atoms. The van der Waals surface area contributed by atoms with Crippen molar-refractivity contribution in [2.24, 2.45) is 0 Å². The van der Waals surface area contributed by atoms with Crippen LogP contribution >= 0.6 is 38.1 Å². The number of halogens is 1. The minimum Gasteiger partial charge on any atom is -0.371 e. The molecule has 7 atom stereocenters. The lowest BCUT2D eigenvalue weighted by Gasteiger charge is -2.23. The second kappa shape index (κ2) is 12.4. The molecule has 0 aromatic carbocycles. The van der Waals surface area contributed by atoms with Gasteiger partial charge in [0, 0.05) is 19.7 Å². The maximum absolute atomic E-state index is 14.4. The average Bonchev–Trinajstić information content (AvgIpc) is 3.75. The topological polar surface area (TPSA) is 207 Å². The fraction of sp³-hybridized carbons (Fsp3) is 0.500. The van der Waals surface area contributed by atoms with Crippen LogP contribution in [0.1, 0.15) is 31.7 Å². The fourth-order valence-corrected chi connectivity index (χ4v) is 7.29. The van der Waals surface area contributed by atoms with Crippen molar-refractivity contribution in [3.8, 4) is 0 Å². The zero-order valence-corrected chi connectivity index (χ0v) is 26.4. The van der Waals surface area contributed by atoms with Gasteiger partial charge < -0.3 is 29.2 Å². The predicted octanol–water partition coefficient (Wildman–Crippen LogP) is 3.20. The van der Waals surface area contributed by atoms with Crippen LogP contribution < -0.4 is 10.9 Å². The third kappa shape index (κ3) is 6.60. The number of hydrogen-bond acceptors (Lipinski definition) is 13. The van der Waals surface area contributed by atoms with E-state index in [1.54, 1.807) is 11.6 Å². The smallest absolute Gasteiger partial charge is 0.371 e. The molecule has 3 N–H and O–H groups in total. The number of anilines is 1. The summed E-state index contributed by atoms with van der Waals surface area (Å²) >= 11 is 7.67. The Kier molecular flexibility index (Phi) is 8.93. The Bertz CT molecular complexity index is 1840. The highest BCUT2D eigenvalue weighted by atomic mass is 32.7. The molecule has 0 aliphatic carbocycles. The van der Waals surface area contributed by atoms with E-state index in [4.69, 9.17) is 23.0 Å². The van der Waals surface area contributed by atoms with Gasteiger partial charge in [0.2, 0.25) is 0 Å². The standard InChI is InChI=1S/C22H27FN8O9P2S2/c1-24-19-18-21(27-8-25-19)31(10-29-18)16-4-13(14(39-16)7-36-41(33,34)43)40-42(35,44)37-6-11-2-3-15(38-11)30-5-12(23)17-20(30)26-9-28-22(17)32/h5,8-11,13-16H,2-4,6-7H2,1H3,(H,35,44)(H,24,25,27)(H,26,28,32)(H2,33,34,43)/t11-,13-,14+,15+,16+,42?/m0/s1. The number of H-pyrrole nitrogens is 1. The fourth-order valence-electron chi connectivity index (χ4n) is 5.21. The molecule has 238 valence electrons. The van der Waals surface area contributed by atoms with Crippen molar-refractivity contribution in [2.45, 2.75) is 50.0 Å². The molecular weight excluding hydrogens is 665 g/mol. The summed E-state index contributed by atoms with van der Waals surface area (Å²) in [7, 11) is 1.69. The molecule has 0 radical (unpaired) electrons. The second-order valence-corrected chi connectivity index (χ2v) is 15.6. The summed E-state index contributed by atoms with van der Waals surface area (Å²) in [5.41, 5.74) is 0.470. The van der Waals surface area contributed by atoms with Gasteiger partial charge in [-0.15, -0.1) is 0 Å². The number of nitrogens with one attached hydrogen (secondary N) is 2. The first-order valence-corrected chi connectivity index (χ1v) is 18.6. The van der Waals surface area contributed by atoms with E-state index in [1.165, 1.54) is 23.5 Å². The Morgan fingerprint density at radius 3 is 2.70 bits per heavy atom. The largest absolute Gasteiger partial charge is 0.386 e. The number of imidazole rings is 1. The molecule has 0 amide bonds. The lowest BCUT2D eigenvalue weighted by atomic mass is 10.2. The van der Waals surface area contributed by atoms with E-state index in [9.17, 15) is 23.2 Å². The summed E-state index contributed by atoms with van der Waals surface area (Å²) < 4.78 is 70.8. The van der Waals surface area contributed by atoms with Gasteiger partial charge in [-0.1, -0.05) is 24.5 Å². The number of thiol groups is 2. The van der Waals surface area contributed by atoms with Crippen LogP contribution in [0.2, 0.25) is 0 Å². The monoisotopic (exact) mass is 692 g/mol. The first kappa shape index (κ1) is 31.6. The number of aromatic amines is 1. The first-order chi connectivity index (χ1) is 20.9. The van der Waals surface area contributed by atoms with Crippen molar-refractivity contribution in [3.63, 3.8) is 0 Å². The van der Waals surface area contributed by atoms with Crippen LogP contribution in [0.25, 0.3) is 22.2 Å². The van der Waals surface area contributed by atoms with Gasteiger partial charge in [0.1, 0.15) is 41.9 Å². The summed E-state index contributed by atoms with van der Waals surface area (Å²) in [5.74, 6) is -0.226.